The third-order valence-electron chi connectivity index (χ3n) is 4.06. The topological polar surface area (TPSA) is 97.5 Å². The number of aryl methyl sites for hydroxylation is 1. The summed E-state index contributed by atoms with van der Waals surface area (Å²) in [5.74, 6) is 0.843. The largest absolute Gasteiger partial charge is 0.339 e. The van der Waals surface area contributed by atoms with Gasteiger partial charge in [-0.25, -0.2) is 4.98 Å². The minimum atomic E-state index is 0.385. The fraction of sp³-hybridized carbons (Fsp3) is 0.294. The van der Waals surface area contributed by atoms with Crippen LogP contribution in [-0.4, -0.2) is 4.98 Å². The third-order valence-corrected chi connectivity index (χ3v) is 4.06. The number of rotatable bonds is 3. The summed E-state index contributed by atoms with van der Waals surface area (Å²) in [6.45, 7) is 2.02. The highest BCUT2D eigenvalue weighted by Gasteiger charge is 2.21. The van der Waals surface area contributed by atoms with Crippen LogP contribution in [0.4, 0.5) is 17.3 Å². The highest BCUT2D eigenvalue weighted by molar-refractivity contribution is 5.69. The van der Waals surface area contributed by atoms with Gasteiger partial charge in [-0.3, -0.25) is 0 Å². The molecule has 0 atom stereocenters. The smallest absolute Gasteiger partial charge is 0.149 e. The lowest BCUT2D eigenvalue weighted by Gasteiger charge is -2.21. The summed E-state index contributed by atoms with van der Waals surface area (Å²) in [6.07, 6.45) is 3.68. The van der Waals surface area contributed by atoms with E-state index in [2.05, 4.69) is 26.4 Å². The number of pyridine rings is 1. The van der Waals surface area contributed by atoms with Crippen molar-refractivity contribution < 1.29 is 0 Å². The first-order valence-electron chi connectivity index (χ1n) is 7.57. The van der Waals surface area contributed by atoms with Crippen LogP contribution in [0.2, 0.25) is 0 Å². The van der Waals surface area contributed by atoms with Crippen molar-refractivity contribution >= 4 is 17.3 Å². The second-order valence-electron chi connectivity index (χ2n) is 5.62. The standard InChI is InChI=1S/C17H16N6/c1-11-6-8-12(9-7-11)20-16-15(10-18)13-4-2-3-5-14(13)17(21-16)22-23-19/h6-9H,2-5H2,1H3,(H,20,21). The molecule has 114 valence electrons. The van der Waals surface area contributed by atoms with Crippen LogP contribution in [-0.2, 0) is 12.8 Å². The van der Waals surface area contributed by atoms with Gasteiger partial charge in [-0.1, -0.05) is 17.7 Å². The van der Waals surface area contributed by atoms with Crippen LogP contribution in [0.25, 0.3) is 10.4 Å². The molecule has 6 heteroatoms. The highest BCUT2D eigenvalue weighted by Crippen LogP contribution is 2.35. The van der Waals surface area contributed by atoms with Crippen molar-refractivity contribution in [2.24, 2.45) is 5.11 Å². The number of anilines is 2. The Morgan fingerprint density at radius 3 is 2.57 bits per heavy atom. The molecule has 0 aliphatic heterocycles. The minimum Gasteiger partial charge on any atom is -0.339 e. The second kappa shape index (κ2) is 6.39. The van der Waals surface area contributed by atoms with Crippen LogP contribution in [0.3, 0.4) is 0 Å². The summed E-state index contributed by atoms with van der Waals surface area (Å²) in [5.41, 5.74) is 13.2. The lowest BCUT2D eigenvalue weighted by Crippen LogP contribution is -2.10. The molecule has 3 rings (SSSR count). The van der Waals surface area contributed by atoms with Gasteiger partial charge in [-0.15, -0.1) is 0 Å². The Morgan fingerprint density at radius 1 is 1.22 bits per heavy atom. The van der Waals surface area contributed by atoms with Crippen molar-refractivity contribution in [2.75, 3.05) is 5.32 Å². The van der Waals surface area contributed by atoms with Crippen molar-refractivity contribution in [1.29, 1.82) is 5.26 Å². The van der Waals surface area contributed by atoms with E-state index in [-0.39, 0.29) is 0 Å². The number of nitriles is 1. The zero-order valence-corrected chi connectivity index (χ0v) is 12.9. The lowest BCUT2D eigenvalue weighted by atomic mass is 9.89. The average molecular weight is 304 g/mol. The molecule has 1 N–H and O–H groups in total. The fourth-order valence-electron chi connectivity index (χ4n) is 2.91. The van der Waals surface area contributed by atoms with Gasteiger partial charge < -0.3 is 5.32 Å². The molecule has 0 amide bonds. The monoisotopic (exact) mass is 304 g/mol. The van der Waals surface area contributed by atoms with E-state index < -0.39 is 0 Å². The van der Waals surface area contributed by atoms with Gasteiger partial charge in [-0.05, 0) is 66.5 Å². The molecular weight excluding hydrogens is 288 g/mol. The van der Waals surface area contributed by atoms with Crippen molar-refractivity contribution in [2.45, 2.75) is 32.6 Å². The molecule has 0 unspecified atom stereocenters. The zero-order chi connectivity index (χ0) is 16.2. The summed E-state index contributed by atoms with van der Waals surface area (Å²) in [7, 11) is 0. The summed E-state index contributed by atoms with van der Waals surface area (Å²) in [4.78, 5) is 7.29. The van der Waals surface area contributed by atoms with Gasteiger partial charge in [0, 0.05) is 10.6 Å². The molecule has 6 nitrogen and oxygen atoms in total. The normalized spacial score (nSPS) is 12.7. The summed E-state index contributed by atoms with van der Waals surface area (Å²) < 4.78 is 0. The van der Waals surface area contributed by atoms with E-state index in [4.69, 9.17) is 5.53 Å². The SMILES string of the molecule is Cc1ccc(Nc2nc(N=[N+]=[N-])c3c(c2C#N)CCCC3)cc1. The van der Waals surface area contributed by atoms with Gasteiger partial charge in [-0.2, -0.15) is 5.26 Å². The molecule has 1 aliphatic carbocycles. The maximum absolute atomic E-state index is 9.58. The van der Waals surface area contributed by atoms with Crippen LogP contribution in [0, 0.1) is 18.3 Å². The zero-order valence-electron chi connectivity index (χ0n) is 12.9. The molecule has 23 heavy (non-hydrogen) atoms. The number of benzene rings is 1. The predicted molar refractivity (Wildman–Crippen MR) is 88.9 cm³/mol. The van der Waals surface area contributed by atoms with E-state index in [0.29, 0.717) is 17.2 Å². The first-order chi connectivity index (χ1) is 11.2. The Bertz CT molecular complexity index is 826. The molecule has 1 aromatic heterocycles. The molecule has 2 aromatic rings. The van der Waals surface area contributed by atoms with E-state index in [1.165, 1.54) is 0 Å². The van der Waals surface area contributed by atoms with Gasteiger partial charge in [0.2, 0.25) is 0 Å². The van der Waals surface area contributed by atoms with Crippen LogP contribution >= 0.6 is 0 Å². The number of hydrogen-bond acceptors (Lipinski definition) is 4. The van der Waals surface area contributed by atoms with Crippen LogP contribution in [0.1, 0.15) is 35.1 Å². The highest BCUT2D eigenvalue weighted by atomic mass is 15.2. The first-order valence-corrected chi connectivity index (χ1v) is 7.57. The van der Waals surface area contributed by atoms with Crippen molar-refractivity contribution in [3.8, 4) is 6.07 Å². The van der Waals surface area contributed by atoms with Gasteiger partial charge in [0.1, 0.15) is 17.7 Å². The summed E-state index contributed by atoms with van der Waals surface area (Å²) >= 11 is 0. The molecule has 0 radical (unpaired) electrons. The second-order valence-corrected chi connectivity index (χ2v) is 5.62. The number of nitrogens with zero attached hydrogens (tertiary/aromatic N) is 5. The van der Waals surface area contributed by atoms with Crippen molar-refractivity contribution in [3.63, 3.8) is 0 Å². The molecule has 0 spiro atoms. The Labute approximate surface area is 134 Å². The summed E-state index contributed by atoms with van der Waals surface area (Å²) in [6, 6.07) is 10.1. The molecular formula is C17H16N6. The van der Waals surface area contributed by atoms with Gasteiger partial charge in [0.25, 0.3) is 0 Å². The van der Waals surface area contributed by atoms with E-state index >= 15 is 0 Å². The Hall–Kier alpha value is -3.03. The molecule has 0 saturated carbocycles. The van der Waals surface area contributed by atoms with Crippen molar-refractivity contribution in [3.05, 3.63) is 57.0 Å². The van der Waals surface area contributed by atoms with Crippen LogP contribution < -0.4 is 5.32 Å². The Morgan fingerprint density at radius 2 is 1.91 bits per heavy atom. The minimum absolute atomic E-state index is 0.385. The Kier molecular flexibility index (Phi) is 4.13. The van der Waals surface area contributed by atoms with E-state index in [9.17, 15) is 5.26 Å². The number of aromatic nitrogens is 1. The number of hydrogen-bond donors (Lipinski definition) is 1. The number of nitrogens with one attached hydrogen (secondary N) is 1. The molecule has 1 aromatic carbocycles. The molecule has 0 bridgehead atoms. The van der Waals surface area contributed by atoms with E-state index in [1.807, 2.05) is 31.2 Å². The van der Waals surface area contributed by atoms with Crippen LogP contribution in [0.5, 0.6) is 0 Å². The number of fused-ring (bicyclic) bond motifs is 1. The molecule has 0 saturated heterocycles. The molecule has 0 fully saturated rings. The molecule has 1 aliphatic rings. The van der Waals surface area contributed by atoms with Gasteiger partial charge in [0.05, 0.1) is 5.56 Å². The third kappa shape index (κ3) is 2.96. The first kappa shape index (κ1) is 14.9. The van der Waals surface area contributed by atoms with Crippen molar-refractivity contribution in [1.82, 2.24) is 4.98 Å². The number of azide groups is 1. The van der Waals surface area contributed by atoms with E-state index in [0.717, 1.165) is 48.1 Å². The maximum atomic E-state index is 9.58. The predicted octanol–water partition coefficient (Wildman–Crippen LogP) is 4.83. The van der Waals surface area contributed by atoms with Gasteiger partial charge in [0.15, 0.2) is 0 Å². The maximum Gasteiger partial charge on any atom is 0.149 e. The lowest BCUT2D eigenvalue weighted by molar-refractivity contribution is 0.681. The Balaban J connectivity index is 2.11. The fourth-order valence-corrected chi connectivity index (χ4v) is 2.91. The molecule has 1 heterocycles. The quantitative estimate of drug-likeness (QED) is 0.499. The van der Waals surface area contributed by atoms with Crippen LogP contribution in [0.15, 0.2) is 29.4 Å². The van der Waals surface area contributed by atoms with Gasteiger partial charge >= 0.3 is 0 Å². The average Bonchev–Trinajstić information content (AvgIpc) is 2.57. The summed E-state index contributed by atoms with van der Waals surface area (Å²) in [5, 5.41) is 16.5. The van der Waals surface area contributed by atoms with E-state index in [1.54, 1.807) is 0 Å².